The fourth-order valence-electron chi connectivity index (χ4n) is 1.24. The Balaban J connectivity index is 2.88. The molecule has 1 aromatic carbocycles. The van der Waals surface area contributed by atoms with Crippen molar-refractivity contribution in [2.24, 2.45) is 0 Å². The predicted octanol–water partition coefficient (Wildman–Crippen LogP) is 4.37. The molecule has 18 heavy (non-hydrogen) atoms. The number of allylic oxidation sites excluding steroid dienone is 1. The Morgan fingerprint density at radius 2 is 2.11 bits per heavy atom. The lowest BCUT2D eigenvalue weighted by Crippen LogP contribution is -2.12. The quantitative estimate of drug-likeness (QED) is 0.819. The molecule has 0 saturated heterocycles. The number of anilines is 1. The third kappa shape index (κ3) is 4.18. The van der Waals surface area contributed by atoms with Gasteiger partial charge in [0.2, 0.25) is 5.91 Å². The van der Waals surface area contributed by atoms with Gasteiger partial charge >= 0.3 is 6.18 Å². The highest BCUT2D eigenvalue weighted by Crippen LogP contribution is 2.33. The number of rotatable bonds is 4. The van der Waals surface area contributed by atoms with E-state index in [0.29, 0.717) is 10.9 Å². The average Bonchev–Trinajstić information content (AvgIpc) is 2.28. The maximum absolute atomic E-state index is 12.5. The fourth-order valence-corrected chi connectivity index (χ4v) is 1.59. The van der Waals surface area contributed by atoms with E-state index in [0.717, 1.165) is 12.1 Å². The predicted molar refractivity (Wildman–Crippen MR) is 67.2 cm³/mol. The van der Waals surface area contributed by atoms with Gasteiger partial charge in [-0.15, -0.1) is 6.58 Å². The molecule has 0 heterocycles. The molecule has 6 heteroatoms. The summed E-state index contributed by atoms with van der Waals surface area (Å²) in [6.07, 6.45) is -2.20. The van der Waals surface area contributed by atoms with Crippen molar-refractivity contribution in [1.29, 1.82) is 0 Å². The zero-order chi connectivity index (χ0) is 13.8. The average molecular weight is 322 g/mol. The summed E-state index contributed by atoms with van der Waals surface area (Å²) < 4.78 is 37.9. The molecule has 98 valence electrons. The molecule has 0 saturated carbocycles. The van der Waals surface area contributed by atoms with Gasteiger partial charge in [-0.25, -0.2) is 0 Å². The van der Waals surface area contributed by atoms with E-state index in [2.05, 4.69) is 27.8 Å². The van der Waals surface area contributed by atoms with Gasteiger partial charge in [-0.3, -0.25) is 4.79 Å². The Hall–Kier alpha value is -1.30. The highest BCUT2D eigenvalue weighted by Gasteiger charge is 2.31. The lowest BCUT2D eigenvalue weighted by molar-refractivity contribution is -0.137. The fraction of sp³-hybridized carbons (Fsp3) is 0.250. The monoisotopic (exact) mass is 321 g/mol. The van der Waals surface area contributed by atoms with Crippen LogP contribution in [0.25, 0.3) is 0 Å². The number of benzene rings is 1. The van der Waals surface area contributed by atoms with Crippen molar-refractivity contribution in [1.82, 2.24) is 0 Å². The molecule has 1 aromatic rings. The van der Waals surface area contributed by atoms with E-state index in [1.165, 1.54) is 6.07 Å². The van der Waals surface area contributed by atoms with E-state index >= 15 is 0 Å². The minimum Gasteiger partial charge on any atom is -0.325 e. The molecular formula is C12H11BrF3NO. The summed E-state index contributed by atoms with van der Waals surface area (Å²) in [5.41, 5.74) is -0.691. The van der Waals surface area contributed by atoms with Crippen LogP contribution in [0.2, 0.25) is 0 Å². The second-order valence-electron chi connectivity index (χ2n) is 3.57. The van der Waals surface area contributed by atoms with Crippen LogP contribution in [0.4, 0.5) is 18.9 Å². The van der Waals surface area contributed by atoms with Gasteiger partial charge in [0.15, 0.2) is 0 Å². The van der Waals surface area contributed by atoms with Crippen LogP contribution in [-0.4, -0.2) is 5.91 Å². The van der Waals surface area contributed by atoms with Crippen LogP contribution in [-0.2, 0) is 11.0 Å². The smallest absolute Gasteiger partial charge is 0.325 e. The van der Waals surface area contributed by atoms with Crippen LogP contribution in [0.1, 0.15) is 18.4 Å². The summed E-state index contributed by atoms with van der Waals surface area (Å²) in [4.78, 5) is 11.4. The first-order valence-corrected chi connectivity index (χ1v) is 5.91. The summed E-state index contributed by atoms with van der Waals surface area (Å²) in [6.45, 7) is 3.47. The van der Waals surface area contributed by atoms with Crippen molar-refractivity contribution in [3.05, 3.63) is 40.9 Å². The number of hydrogen-bond acceptors (Lipinski definition) is 1. The summed E-state index contributed by atoms with van der Waals surface area (Å²) >= 11 is 3.09. The molecule has 0 spiro atoms. The van der Waals surface area contributed by atoms with Crippen LogP contribution in [0.5, 0.6) is 0 Å². The highest BCUT2D eigenvalue weighted by molar-refractivity contribution is 9.10. The molecule has 1 amide bonds. The Kier molecular flexibility index (Phi) is 4.95. The summed E-state index contributed by atoms with van der Waals surface area (Å²) in [5.74, 6) is -0.352. The molecular weight excluding hydrogens is 311 g/mol. The topological polar surface area (TPSA) is 29.1 Å². The Bertz CT molecular complexity index is 457. The zero-order valence-corrected chi connectivity index (χ0v) is 10.9. The summed E-state index contributed by atoms with van der Waals surface area (Å²) in [7, 11) is 0. The van der Waals surface area contributed by atoms with Crippen LogP contribution in [0.15, 0.2) is 35.3 Å². The number of carbonyl (C=O) groups is 1. The van der Waals surface area contributed by atoms with Crippen molar-refractivity contribution in [3.8, 4) is 0 Å². The molecule has 0 bridgehead atoms. The van der Waals surface area contributed by atoms with Crippen molar-refractivity contribution >= 4 is 27.5 Å². The first kappa shape index (κ1) is 14.8. The second kappa shape index (κ2) is 6.04. The molecule has 0 aliphatic rings. The minimum atomic E-state index is -4.43. The van der Waals surface area contributed by atoms with E-state index in [4.69, 9.17) is 0 Å². The van der Waals surface area contributed by atoms with E-state index in [9.17, 15) is 18.0 Å². The maximum atomic E-state index is 12.5. The number of carbonyl (C=O) groups excluding carboxylic acids is 1. The first-order chi connectivity index (χ1) is 8.34. The maximum Gasteiger partial charge on any atom is 0.416 e. The van der Waals surface area contributed by atoms with Gasteiger partial charge in [0.25, 0.3) is 0 Å². The van der Waals surface area contributed by atoms with Crippen molar-refractivity contribution in [2.75, 3.05) is 5.32 Å². The van der Waals surface area contributed by atoms with E-state index in [-0.39, 0.29) is 18.0 Å². The van der Waals surface area contributed by atoms with E-state index < -0.39 is 11.7 Å². The van der Waals surface area contributed by atoms with Gasteiger partial charge in [0, 0.05) is 10.9 Å². The van der Waals surface area contributed by atoms with Crippen LogP contribution in [0, 0.1) is 0 Å². The summed E-state index contributed by atoms with van der Waals surface area (Å²) in [6, 6.07) is 3.10. The molecule has 1 rings (SSSR count). The number of nitrogens with one attached hydrogen (secondary N) is 1. The first-order valence-electron chi connectivity index (χ1n) is 5.12. The van der Waals surface area contributed by atoms with E-state index in [1.54, 1.807) is 6.08 Å². The van der Waals surface area contributed by atoms with Crippen LogP contribution in [0.3, 0.4) is 0 Å². The van der Waals surface area contributed by atoms with Gasteiger partial charge in [0.05, 0.1) is 11.3 Å². The van der Waals surface area contributed by atoms with Crippen molar-refractivity contribution in [3.63, 3.8) is 0 Å². The standard InChI is InChI=1S/C12H11BrF3NO/c1-2-3-4-11(18)17-10-7-8(12(14,15)16)5-6-9(10)13/h2,5-7H,1,3-4H2,(H,17,18). The molecule has 0 aliphatic heterocycles. The zero-order valence-electron chi connectivity index (χ0n) is 9.35. The second-order valence-corrected chi connectivity index (χ2v) is 4.42. The molecule has 2 nitrogen and oxygen atoms in total. The van der Waals surface area contributed by atoms with Crippen molar-refractivity contribution < 1.29 is 18.0 Å². The minimum absolute atomic E-state index is 0.110. The normalized spacial score (nSPS) is 11.1. The lowest BCUT2D eigenvalue weighted by Gasteiger charge is -2.11. The largest absolute Gasteiger partial charge is 0.416 e. The summed E-state index contributed by atoms with van der Waals surface area (Å²) in [5, 5.41) is 2.42. The molecule has 0 aliphatic carbocycles. The Labute approximate surface area is 111 Å². The Morgan fingerprint density at radius 1 is 1.44 bits per heavy atom. The number of hydrogen-bond donors (Lipinski definition) is 1. The van der Waals surface area contributed by atoms with Gasteiger partial charge in [0.1, 0.15) is 0 Å². The van der Waals surface area contributed by atoms with Crippen molar-refractivity contribution in [2.45, 2.75) is 19.0 Å². The van der Waals surface area contributed by atoms with Crippen LogP contribution >= 0.6 is 15.9 Å². The third-order valence-electron chi connectivity index (χ3n) is 2.14. The highest BCUT2D eigenvalue weighted by atomic mass is 79.9. The molecule has 1 N–H and O–H groups in total. The van der Waals surface area contributed by atoms with Gasteiger partial charge in [-0.05, 0) is 40.5 Å². The van der Waals surface area contributed by atoms with Gasteiger partial charge < -0.3 is 5.32 Å². The number of amides is 1. The lowest BCUT2D eigenvalue weighted by atomic mass is 10.2. The molecule has 0 unspecified atom stereocenters. The SMILES string of the molecule is C=CCCC(=O)Nc1cc(C(F)(F)F)ccc1Br. The van der Waals surface area contributed by atoms with Gasteiger partial charge in [-0.1, -0.05) is 6.08 Å². The van der Waals surface area contributed by atoms with E-state index in [1.807, 2.05) is 0 Å². The molecule has 0 aromatic heterocycles. The molecule has 0 atom stereocenters. The van der Waals surface area contributed by atoms with Crippen LogP contribution < -0.4 is 5.32 Å². The number of halogens is 4. The molecule has 0 radical (unpaired) electrons. The molecule has 0 fully saturated rings. The third-order valence-corrected chi connectivity index (χ3v) is 2.83. The Morgan fingerprint density at radius 3 is 2.67 bits per heavy atom. The number of alkyl halides is 3. The van der Waals surface area contributed by atoms with Gasteiger partial charge in [-0.2, -0.15) is 13.2 Å².